The molecule has 2 heterocycles. The molecule has 144 valence electrons. The Kier molecular flexibility index (Phi) is 6.13. The van der Waals surface area contributed by atoms with Gasteiger partial charge in [-0.3, -0.25) is 10.1 Å². The number of pyridine rings is 1. The summed E-state index contributed by atoms with van der Waals surface area (Å²) in [6.07, 6.45) is 1.54. The smallest absolute Gasteiger partial charge is 0.259 e. The molecule has 0 aliphatic rings. The number of carbonyl (C=O) groups is 1. The van der Waals surface area contributed by atoms with E-state index in [1.807, 2.05) is 18.2 Å². The second-order valence-electron chi connectivity index (χ2n) is 6.04. The molecule has 2 aromatic heterocycles. The number of nitrogens with one attached hydrogen (secondary N) is 2. The van der Waals surface area contributed by atoms with Gasteiger partial charge >= 0.3 is 0 Å². The van der Waals surface area contributed by atoms with Gasteiger partial charge in [0.2, 0.25) is 5.13 Å². The molecule has 0 bridgehead atoms. The minimum absolute atomic E-state index is 0.257. The molecule has 6 nitrogen and oxygen atoms in total. The maximum absolute atomic E-state index is 12.1. The highest BCUT2D eigenvalue weighted by molar-refractivity contribution is 7.99. The highest BCUT2D eigenvalue weighted by atomic mass is 32.2. The Balaban J connectivity index is 1.30. The van der Waals surface area contributed by atoms with Crippen molar-refractivity contribution in [1.29, 1.82) is 0 Å². The lowest BCUT2D eigenvalue weighted by Gasteiger charge is -2.08. The highest BCUT2D eigenvalue weighted by Gasteiger charge is 2.08. The number of rotatable bonds is 7. The van der Waals surface area contributed by atoms with Crippen LogP contribution >= 0.6 is 23.1 Å². The largest absolute Gasteiger partial charge is 0.366 e. The molecule has 0 fully saturated rings. The number of hydrogen-bond acceptors (Lipinski definition) is 7. The van der Waals surface area contributed by atoms with Crippen molar-refractivity contribution < 1.29 is 4.79 Å². The topological polar surface area (TPSA) is 79.8 Å². The Morgan fingerprint density at radius 2 is 1.76 bits per heavy atom. The molecular formula is C21H17N5OS2. The molecular weight excluding hydrogens is 402 g/mol. The lowest BCUT2D eigenvalue weighted by molar-refractivity contribution is 0.102. The second-order valence-corrected chi connectivity index (χ2v) is 8.02. The van der Waals surface area contributed by atoms with Crippen molar-refractivity contribution in [3.8, 4) is 0 Å². The molecule has 0 aliphatic carbocycles. The average molecular weight is 420 g/mol. The third kappa shape index (κ3) is 5.40. The van der Waals surface area contributed by atoms with Crippen LogP contribution in [0.5, 0.6) is 0 Å². The number of carbonyl (C=O) groups excluding carboxylic acids is 1. The van der Waals surface area contributed by atoms with Crippen molar-refractivity contribution in [3.05, 3.63) is 89.6 Å². The molecule has 1 amide bonds. The van der Waals surface area contributed by atoms with Gasteiger partial charge in [0.15, 0.2) is 0 Å². The third-order valence-corrected chi connectivity index (χ3v) is 5.60. The van der Waals surface area contributed by atoms with Gasteiger partial charge in [0.05, 0.1) is 5.56 Å². The second kappa shape index (κ2) is 9.31. The van der Waals surface area contributed by atoms with E-state index in [0.717, 1.165) is 5.56 Å². The lowest BCUT2D eigenvalue weighted by atomic mass is 10.2. The van der Waals surface area contributed by atoms with Crippen LogP contribution in [0.15, 0.2) is 88.2 Å². The SMILES string of the molecule is O=C(Nc1nncs1)c1ccc(NCc2ccc(Sc3ccccc3)cc2)nc1. The predicted octanol–water partition coefficient (Wildman–Crippen LogP) is 4.95. The summed E-state index contributed by atoms with van der Waals surface area (Å²) in [5.74, 6) is 0.451. The zero-order chi connectivity index (χ0) is 19.9. The predicted molar refractivity (Wildman–Crippen MR) is 116 cm³/mol. The van der Waals surface area contributed by atoms with Gasteiger partial charge in [0, 0.05) is 22.5 Å². The molecule has 0 unspecified atom stereocenters. The molecule has 2 N–H and O–H groups in total. The highest BCUT2D eigenvalue weighted by Crippen LogP contribution is 2.27. The fraction of sp³-hybridized carbons (Fsp3) is 0.0476. The monoisotopic (exact) mass is 419 g/mol. The molecule has 4 rings (SSSR count). The minimum atomic E-state index is -0.257. The van der Waals surface area contributed by atoms with Crippen molar-refractivity contribution in [3.63, 3.8) is 0 Å². The fourth-order valence-electron chi connectivity index (χ4n) is 2.52. The zero-order valence-corrected chi connectivity index (χ0v) is 16.9. The molecule has 0 radical (unpaired) electrons. The molecule has 0 saturated carbocycles. The van der Waals surface area contributed by atoms with Gasteiger partial charge in [0.1, 0.15) is 11.3 Å². The minimum Gasteiger partial charge on any atom is -0.366 e. The molecule has 4 aromatic rings. The van der Waals surface area contributed by atoms with E-state index < -0.39 is 0 Å². The summed E-state index contributed by atoms with van der Waals surface area (Å²) in [5, 5.41) is 13.9. The van der Waals surface area contributed by atoms with E-state index in [1.165, 1.54) is 27.3 Å². The van der Waals surface area contributed by atoms with Crippen LogP contribution in [0.1, 0.15) is 15.9 Å². The quantitative estimate of drug-likeness (QED) is 0.441. The zero-order valence-electron chi connectivity index (χ0n) is 15.3. The molecule has 0 aliphatic heterocycles. The van der Waals surface area contributed by atoms with Crippen molar-refractivity contribution in [2.24, 2.45) is 0 Å². The van der Waals surface area contributed by atoms with E-state index in [9.17, 15) is 4.79 Å². The van der Waals surface area contributed by atoms with Crippen LogP contribution in [0.3, 0.4) is 0 Å². The van der Waals surface area contributed by atoms with E-state index in [-0.39, 0.29) is 5.91 Å². The number of benzene rings is 2. The van der Waals surface area contributed by atoms with E-state index >= 15 is 0 Å². The van der Waals surface area contributed by atoms with Crippen molar-refractivity contribution in [1.82, 2.24) is 15.2 Å². The number of hydrogen-bond donors (Lipinski definition) is 2. The summed E-state index contributed by atoms with van der Waals surface area (Å²) in [6, 6.07) is 22.2. The van der Waals surface area contributed by atoms with Gasteiger partial charge in [0.25, 0.3) is 5.91 Å². The normalized spacial score (nSPS) is 10.5. The van der Waals surface area contributed by atoms with E-state index in [4.69, 9.17) is 0 Å². The molecule has 29 heavy (non-hydrogen) atoms. The first-order valence-corrected chi connectivity index (χ1v) is 10.6. The van der Waals surface area contributed by atoms with Crippen molar-refractivity contribution in [2.45, 2.75) is 16.3 Å². The maximum Gasteiger partial charge on any atom is 0.259 e. The molecule has 0 spiro atoms. The van der Waals surface area contributed by atoms with Crippen LogP contribution in [0.4, 0.5) is 10.9 Å². The molecule has 0 atom stereocenters. The van der Waals surface area contributed by atoms with Crippen LogP contribution < -0.4 is 10.6 Å². The van der Waals surface area contributed by atoms with Crippen LogP contribution in [0.2, 0.25) is 0 Å². The fourth-order valence-corrected chi connectivity index (χ4v) is 3.80. The average Bonchev–Trinajstić information content (AvgIpc) is 3.27. The van der Waals surface area contributed by atoms with Crippen LogP contribution in [0, 0.1) is 0 Å². The van der Waals surface area contributed by atoms with Crippen LogP contribution in [-0.4, -0.2) is 21.1 Å². The van der Waals surface area contributed by atoms with E-state index in [2.05, 4.69) is 62.2 Å². The van der Waals surface area contributed by atoms with Crippen molar-refractivity contribution in [2.75, 3.05) is 10.6 Å². The Morgan fingerprint density at radius 1 is 0.966 bits per heavy atom. The molecule has 8 heteroatoms. The number of nitrogens with zero attached hydrogens (tertiary/aromatic N) is 3. The first-order valence-electron chi connectivity index (χ1n) is 8.85. The number of anilines is 2. The summed E-state index contributed by atoms with van der Waals surface area (Å²) in [7, 11) is 0. The summed E-state index contributed by atoms with van der Waals surface area (Å²) < 4.78 is 0. The summed E-state index contributed by atoms with van der Waals surface area (Å²) >= 11 is 3.01. The van der Waals surface area contributed by atoms with Gasteiger partial charge in [-0.05, 0) is 42.0 Å². The Morgan fingerprint density at radius 3 is 2.45 bits per heavy atom. The van der Waals surface area contributed by atoms with Crippen LogP contribution in [-0.2, 0) is 6.54 Å². The van der Waals surface area contributed by atoms with E-state index in [0.29, 0.717) is 23.1 Å². The Bertz CT molecular complexity index is 1050. The van der Waals surface area contributed by atoms with Gasteiger partial charge in [-0.25, -0.2) is 4.98 Å². The molecule has 2 aromatic carbocycles. The number of amides is 1. The van der Waals surface area contributed by atoms with Gasteiger partial charge in [-0.2, -0.15) is 0 Å². The standard InChI is InChI=1S/C21H17N5OS2/c27-20(25-21-26-24-14-28-21)16-8-11-19(23-13-16)22-12-15-6-9-18(10-7-15)29-17-4-2-1-3-5-17/h1-11,13-14H,12H2,(H,22,23)(H,25,26,27). The van der Waals surface area contributed by atoms with E-state index in [1.54, 1.807) is 29.4 Å². The van der Waals surface area contributed by atoms with Crippen molar-refractivity contribution >= 4 is 40.0 Å². The maximum atomic E-state index is 12.1. The first-order chi connectivity index (χ1) is 14.3. The lowest BCUT2D eigenvalue weighted by Crippen LogP contribution is -2.12. The number of aromatic nitrogens is 3. The van der Waals surface area contributed by atoms with Gasteiger partial charge in [-0.1, -0.05) is 53.4 Å². The van der Waals surface area contributed by atoms with Crippen LogP contribution in [0.25, 0.3) is 0 Å². The first kappa shape index (κ1) is 19.1. The summed E-state index contributed by atoms with van der Waals surface area (Å²) in [6.45, 7) is 0.652. The van der Waals surface area contributed by atoms with Gasteiger partial charge in [-0.15, -0.1) is 10.2 Å². The van der Waals surface area contributed by atoms with Gasteiger partial charge < -0.3 is 5.32 Å². The third-order valence-electron chi connectivity index (χ3n) is 3.98. The summed E-state index contributed by atoms with van der Waals surface area (Å²) in [4.78, 5) is 18.9. The molecule has 0 saturated heterocycles. The summed E-state index contributed by atoms with van der Waals surface area (Å²) in [5.41, 5.74) is 3.18. The Hall–Kier alpha value is -3.23. The Labute approximate surface area is 176 Å².